The number of phenolic OH excluding ortho intramolecular Hbond substituents is 5. The molecule has 12 nitrogen and oxygen atoms in total. The van der Waals surface area contributed by atoms with Crippen molar-refractivity contribution in [1.82, 2.24) is 0 Å². The van der Waals surface area contributed by atoms with Gasteiger partial charge in [0.1, 0.15) is 35.6 Å². The largest absolute Gasteiger partial charge is 0.508 e. The van der Waals surface area contributed by atoms with Crippen molar-refractivity contribution in [3.8, 4) is 40.2 Å². The molecular formula is C29H28O12. The van der Waals surface area contributed by atoms with Crippen LogP contribution in [0.4, 0.5) is 0 Å². The number of phenols is 5. The van der Waals surface area contributed by atoms with Crippen molar-refractivity contribution >= 4 is 12.0 Å². The molecule has 0 spiro atoms. The molecule has 216 valence electrons. The Morgan fingerprint density at radius 2 is 1.63 bits per heavy atom. The number of esters is 1. The highest BCUT2D eigenvalue weighted by Crippen LogP contribution is 2.44. The summed E-state index contributed by atoms with van der Waals surface area (Å²) < 4.78 is 22.9. The zero-order chi connectivity index (χ0) is 29.3. The summed E-state index contributed by atoms with van der Waals surface area (Å²) in [6, 6.07) is 11.0. The standard InChI is InChI=1S/C29H28O12/c30-16-11-24-17(4-7-23(39-24)15-3-6-19(32)21(34)10-15)25(12-16)40-29-28(27(37)22(35)13-38-29)41-26(36)8-2-14-1-5-18(31)20(33)9-14/h1-3,5-6,8-12,22-23,27-35,37H,4,7,13H2/b8-2+/t22-,23-,27+,28-,29+/m0/s1. The minimum Gasteiger partial charge on any atom is -0.508 e. The second-order valence-corrected chi connectivity index (χ2v) is 9.67. The lowest BCUT2D eigenvalue weighted by Gasteiger charge is -2.37. The van der Waals surface area contributed by atoms with Crippen molar-refractivity contribution in [2.45, 2.75) is 43.5 Å². The highest BCUT2D eigenvalue weighted by atomic mass is 16.7. The van der Waals surface area contributed by atoms with Gasteiger partial charge in [-0.05, 0) is 54.3 Å². The number of fused-ring (bicyclic) bond motifs is 1. The van der Waals surface area contributed by atoms with Gasteiger partial charge >= 0.3 is 5.97 Å². The van der Waals surface area contributed by atoms with Gasteiger partial charge in [0.05, 0.1) is 6.61 Å². The minimum absolute atomic E-state index is 0.150. The second-order valence-electron chi connectivity index (χ2n) is 9.67. The first-order valence-electron chi connectivity index (χ1n) is 12.7. The predicted molar refractivity (Wildman–Crippen MR) is 141 cm³/mol. The van der Waals surface area contributed by atoms with Crippen molar-refractivity contribution in [2.24, 2.45) is 0 Å². The summed E-state index contributed by atoms with van der Waals surface area (Å²) in [6.07, 6.45) is -3.00. The molecule has 0 radical (unpaired) electrons. The van der Waals surface area contributed by atoms with E-state index in [0.29, 0.717) is 35.3 Å². The van der Waals surface area contributed by atoms with Crippen LogP contribution >= 0.6 is 0 Å². The molecule has 2 aliphatic rings. The number of aliphatic hydroxyl groups is 2. The van der Waals surface area contributed by atoms with Crippen LogP contribution in [0.25, 0.3) is 6.08 Å². The van der Waals surface area contributed by atoms with Crippen molar-refractivity contribution in [1.29, 1.82) is 0 Å². The number of hydrogen-bond acceptors (Lipinski definition) is 12. The van der Waals surface area contributed by atoms with Gasteiger partial charge in [0, 0.05) is 23.8 Å². The summed E-state index contributed by atoms with van der Waals surface area (Å²) in [4.78, 5) is 12.6. The third-order valence-corrected chi connectivity index (χ3v) is 6.79. The Morgan fingerprint density at radius 3 is 2.37 bits per heavy atom. The highest BCUT2D eigenvalue weighted by Gasteiger charge is 2.43. The first-order chi connectivity index (χ1) is 19.6. The number of hydrogen-bond donors (Lipinski definition) is 7. The average molecular weight is 569 g/mol. The Bertz CT molecular complexity index is 1470. The molecule has 7 N–H and O–H groups in total. The van der Waals surface area contributed by atoms with Gasteiger partial charge in [-0.2, -0.15) is 0 Å². The molecule has 0 bridgehead atoms. The molecule has 0 aliphatic carbocycles. The Hall–Kier alpha value is -4.65. The number of rotatable bonds is 6. The van der Waals surface area contributed by atoms with Crippen LogP contribution < -0.4 is 9.47 Å². The van der Waals surface area contributed by atoms with Crippen LogP contribution in [0, 0.1) is 0 Å². The molecule has 2 aliphatic heterocycles. The molecule has 5 atom stereocenters. The SMILES string of the molecule is O=C(/C=C/c1ccc(O)c(O)c1)O[C@@H]1[C@@H](Oc2cc(O)cc3c2CC[C@@H](c2ccc(O)c(O)c2)O3)OC[C@H](O)[C@H]1O. The van der Waals surface area contributed by atoms with Gasteiger partial charge in [0.25, 0.3) is 0 Å². The number of carbonyl (C=O) groups is 1. The third-order valence-electron chi connectivity index (χ3n) is 6.79. The van der Waals surface area contributed by atoms with Crippen LogP contribution in [0.2, 0.25) is 0 Å². The molecule has 3 aromatic carbocycles. The number of benzene rings is 3. The average Bonchev–Trinajstić information content (AvgIpc) is 2.94. The highest BCUT2D eigenvalue weighted by molar-refractivity contribution is 5.87. The summed E-state index contributed by atoms with van der Waals surface area (Å²) in [7, 11) is 0. The van der Waals surface area contributed by atoms with Crippen molar-refractivity contribution in [2.75, 3.05) is 6.61 Å². The van der Waals surface area contributed by atoms with E-state index in [9.17, 15) is 40.5 Å². The first-order valence-corrected chi connectivity index (χ1v) is 12.7. The van der Waals surface area contributed by atoms with E-state index in [4.69, 9.17) is 18.9 Å². The Balaban J connectivity index is 1.33. The molecule has 1 saturated heterocycles. The molecule has 41 heavy (non-hydrogen) atoms. The van der Waals surface area contributed by atoms with E-state index in [0.717, 1.165) is 6.08 Å². The van der Waals surface area contributed by atoms with Crippen LogP contribution in [0.15, 0.2) is 54.6 Å². The summed E-state index contributed by atoms with van der Waals surface area (Å²) >= 11 is 0. The van der Waals surface area contributed by atoms with E-state index >= 15 is 0 Å². The summed E-state index contributed by atoms with van der Waals surface area (Å²) in [5.74, 6) is -1.90. The van der Waals surface area contributed by atoms with E-state index in [1.165, 1.54) is 48.5 Å². The first kappa shape index (κ1) is 27.9. The lowest BCUT2D eigenvalue weighted by Crippen LogP contribution is -2.56. The smallest absolute Gasteiger partial charge is 0.331 e. The fourth-order valence-electron chi connectivity index (χ4n) is 4.63. The molecular weight excluding hydrogens is 540 g/mol. The van der Waals surface area contributed by atoms with Gasteiger partial charge in [-0.1, -0.05) is 12.1 Å². The molecule has 2 heterocycles. The van der Waals surface area contributed by atoms with Gasteiger partial charge < -0.3 is 54.7 Å². The van der Waals surface area contributed by atoms with Crippen molar-refractivity contribution < 1.29 is 59.5 Å². The van der Waals surface area contributed by atoms with E-state index in [-0.39, 0.29) is 41.1 Å². The van der Waals surface area contributed by atoms with E-state index in [2.05, 4.69) is 0 Å². The van der Waals surface area contributed by atoms with Gasteiger partial charge in [-0.15, -0.1) is 0 Å². The van der Waals surface area contributed by atoms with Crippen molar-refractivity contribution in [3.05, 3.63) is 71.3 Å². The second kappa shape index (κ2) is 11.5. The van der Waals surface area contributed by atoms with E-state index in [1.54, 1.807) is 6.07 Å². The van der Waals surface area contributed by atoms with E-state index in [1.807, 2.05) is 0 Å². The van der Waals surface area contributed by atoms with Crippen LogP contribution in [0.5, 0.6) is 40.2 Å². The number of aromatic hydroxyl groups is 5. The number of ether oxygens (including phenoxy) is 4. The van der Waals surface area contributed by atoms with Gasteiger partial charge in [-0.3, -0.25) is 0 Å². The maximum absolute atomic E-state index is 12.6. The summed E-state index contributed by atoms with van der Waals surface area (Å²) in [5.41, 5.74) is 1.58. The Morgan fingerprint density at radius 1 is 0.902 bits per heavy atom. The summed E-state index contributed by atoms with van der Waals surface area (Å²) in [5, 5.41) is 69.6. The monoisotopic (exact) mass is 568 g/mol. The molecule has 1 fully saturated rings. The maximum atomic E-state index is 12.6. The fraction of sp³-hybridized carbons (Fsp3) is 0.276. The maximum Gasteiger partial charge on any atom is 0.331 e. The van der Waals surface area contributed by atoms with Crippen LogP contribution in [0.1, 0.15) is 29.2 Å². The Labute approximate surface area is 233 Å². The van der Waals surface area contributed by atoms with E-state index < -0.39 is 36.7 Å². The molecule has 12 heteroatoms. The zero-order valence-electron chi connectivity index (χ0n) is 21.5. The zero-order valence-corrected chi connectivity index (χ0v) is 21.5. The lowest BCUT2D eigenvalue weighted by molar-refractivity contribution is -0.249. The third kappa shape index (κ3) is 6.09. The predicted octanol–water partition coefficient (Wildman–Crippen LogP) is 2.36. The van der Waals surface area contributed by atoms with Gasteiger partial charge in [0.15, 0.2) is 29.1 Å². The van der Waals surface area contributed by atoms with Gasteiger partial charge in [0.2, 0.25) is 6.29 Å². The molecule has 0 aromatic heterocycles. The molecule has 0 saturated carbocycles. The molecule has 0 amide bonds. The van der Waals surface area contributed by atoms with Crippen LogP contribution in [-0.2, 0) is 20.7 Å². The van der Waals surface area contributed by atoms with Crippen molar-refractivity contribution in [3.63, 3.8) is 0 Å². The van der Waals surface area contributed by atoms with Gasteiger partial charge in [-0.25, -0.2) is 4.79 Å². The normalized spacial score (nSPS) is 23.9. The summed E-state index contributed by atoms with van der Waals surface area (Å²) in [6.45, 7) is -0.313. The fourth-order valence-corrected chi connectivity index (χ4v) is 4.63. The molecule has 5 rings (SSSR count). The quantitative estimate of drug-likeness (QED) is 0.130. The molecule has 0 unspecified atom stereocenters. The lowest BCUT2D eigenvalue weighted by atomic mass is 9.96. The molecule has 3 aromatic rings. The number of aliphatic hydroxyl groups excluding tert-OH is 2. The topological polar surface area (TPSA) is 196 Å². The minimum atomic E-state index is -1.56. The number of carbonyl (C=O) groups excluding carboxylic acids is 1. The van der Waals surface area contributed by atoms with Crippen LogP contribution in [0.3, 0.4) is 0 Å². The van der Waals surface area contributed by atoms with Crippen LogP contribution in [-0.4, -0.2) is 72.9 Å². The Kier molecular flexibility index (Phi) is 7.79.